The Balaban J connectivity index is 2.30. The van der Waals surface area contributed by atoms with Crippen molar-refractivity contribution in [2.24, 2.45) is 0 Å². The van der Waals surface area contributed by atoms with Gasteiger partial charge in [-0.3, -0.25) is 4.79 Å². The van der Waals surface area contributed by atoms with Crippen molar-refractivity contribution in [1.29, 1.82) is 0 Å². The minimum atomic E-state index is -0.00829. The Morgan fingerprint density at radius 1 is 1.60 bits per heavy atom. The zero-order valence-corrected chi connectivity index (χ0v) is 5.13. The second-order valence-corrected chi connectivity index (χ2v) is 2.16. The van der Waals surface area contributed by atoms with Gasteiger partial charge in [-0.1, -0.05) is 6.08 Å². The van der Waals surface area contributed by atoms with E-state index < -0.39 is 0 Å². The molecule has 52 valence electrons. The van der Waals surface area contributed by atoms with Gasteiger partial charge in [0.2, 0.25) is 0 Å². The molecule has 0 saturated carbocycles. The number of nitrogens with one attached hydrogen (secondary N) is 2. The maximum absolute atomic E-state index is 10.7. The first-order valence-electron chi connectivity index (χ1n) is 2.97. The Morgan fingerprint density at radius 3 is 3.40 bits per heavy atom. The summed E-state index contributed by atoms with van der Waals surface area (Å²) in [6.45, 7) is 0. The highest BCUT2D eigenvalue weighted by molar-refractivity contribution is 6.01. The molecule has 0 aromatic carbocycles. The first-order chi connectivity index (χ1) is 4.86. The van der Waals surface area contributed by atoms with Crippen LogP contribution in [0.3, 0.4) is 0 Å². The monoisotopic (exact) mass is 138 g/mol. The molecule has 4 heteroatoms. The highest BCUT2D eigenvalue weighted by atomic mass is 16.8. The molecule has 4 nitrogen and oxygen atoms in total. The molecule has 0 bridgehead atoms. The predicted molar refractivity (Wildman–Crippen MR) is 33.4 cm³/mol. The van der Waals surface area contributed by atoms with Crippen LogP contribution in [-0.4, -0.2) is 11.8 Å². The normalized spacial score (nSPS) is 29.4. The number of ketones is 1. The van der Waals surface area contributed by atoms with Gasteiger partial charge in [0.05, 0.1) is 11.7 Å². The van der Waals surface area contributed by atoms with Crippen LogP contribution in [0.2, 0.25) is 0 Å². The lowest BCUT2D eigenvalue weighted by Gasteiger charge is -2.04. The van der Waals surface area contributed by atoms with Crippen molar-refractivity contribution in [2.45, 2.75) is 6.04 Å². The van der Waals surface area contributed by atoms with Crippen LogP contribution in [0.25, 0.3) is 0 Å². The van der Waals surface area contributed by atoms with Crippen LogP contribution in [0, 0.1) is 0 Å². The van der Waals surface area contributed by atoms with Crippen molar-refractivity contribution >= 4 is 5.78 Å². The molecule has 0 radical (unpaired) electrons. The second-order valence-electron chi connectivity index (χ2n) is 2.16. The maximum Gasteiger partial charge on any atom is 0.180 e. The molecule has 2 N–H and O–H groups in total. The van der Waals surface area contributed by atoms with Crippen molar-refractivity contribution in [3.63, 3.8) is 0 Å². The molecule has 1 heterocycles. The molecular weight excluding hydrogens is 132 g/mol. The number of rotatable bonds is 0. The minimum absolute atomic E-state index is 0.00829. The van der Waals surface area contributed by atoms with E-state index in [2.05, 4.69) is 15.9 Å². The van der Waals surface area contributed by atoms with Crippen LogP contribution in [0.5, 0.6) is 0 Å². The summed E-state index contributed by atoms with van der Waals surface area (Å²) < 4.78 is 0. The van der Waals surface area contributed by atoms with E-state index in [1.165, 1.54) is 12.2 Å². The Morgan fingerprint density at radius 2 is 2.50 bits per heavy atom. The van der Waals surface area contributed by atoms with E-state index in [-0.39, 0.29) is 11.8 Å². The van der Waals surface area contributed by atoms with E-state index in [9.17, 15) is 4.79 Å². The summed E-state index contributed by atoms with van der Waals surface area (Å²) in [5.41, 5.74) is 6.00. The van der Waals surface area contributed by atoms with Crippen LogP contribution < -0.4 is 11.0 Å². The molecule has 1 fully saturated rings. The fourth-order valence-electron chi connectivity index (χ4n) is 0.933. The SMILES string of the molecule is O=C1C=CC2NONC2=C1. The topological polar surface area (TPSA) is 50.4 Å². The van der Waals surface area contributed by atoms with Crippen molar-refractivity contribution in [1.82, 2.24) is 11.0 Å². The van der Waals surface area contributed by atoms with Crippen LogP contribution >= 0.6 is 0 Å². The Hall–Kier alpha value is -1.13. The molecule has 1 aliphatic heterocycles. The van der Waals surface area contributed by atoms with Crippen LogP contribution in [0.1, 0.15) is 0 Å². The smallest absolute Gasteiger partial charge is 0.180 e. The molecule has 1 saturated heterocycles. The van der Waals surface area contributed by atoms with E-state index in [1.54, 1.807) is 6.08 Å². The Kier molecular flexibility index (Phi) is 1.09. The summed E-state index contributed by atoms with van der Waals surface area (Å²) in [5.74, 6) is -0.00829. The van der Waals surface area contributed by atoms with Gasteiger partial charge in [0.1, 0.15) is 0 Å². The molecule has 0 aromatic rings. The van der Waals surface area contributed by atoms with Crippen molar-refractivity contribution in [2.75, 3.05) is 0 Å². The quantitative estimate of drug-likeness (QED) is 0.470. The maximum atomic E-state index is 10.7. The lowest BCUT2D eigenvalue weighted by atomic mass is 10.1. The average molecular weight is 138 g/mol. The standard InChI is InChI=1S/C6H6N2O2/c9-4-1-2-5-6(3-4)8-10-7-5/h1-3,5,7-8H. The van der Waals surface area contributed by atoms with Gasteiger partial charge in [0, 0.05) is 6.08 Å². The van der Waals surface area contributed by atoms with Gasteiger partial charge >= 0.3 is 0 Å². The molecule has 1 aliphatic carbocycles. The van der Waals surface area contributed by atoms with Crippen molar-refractivity contribution in [3.8, 4) is 0 Å². The lowest BCUT2D eigenvalue weighted by molar-refractivity contribution is -0.110. The molecule has 0 spiro atoms. The van der Waals surface area contributed by atoms with Gasteiger partial charge in [-0.2, -0.15) is 10.4 Å². The van der Waals surface area contributed by atoms with E-state index in [0.717, 1.165) is 5.70 Å². The number of fused-ring (bicyclic) bond motifs is 1. The number of allylic oxidation sites excluding steroid dienone is 2. The number of hydrogen-bond acceptors (Lipinski definition) is 4. The molecule has 0 aromatic heterocycles. The van der Waals surface area contributed by atoms with E-state index in [4.69, 9.17) is 0 Å². The number of hydroxylamine groups is 2. The molecule has 10 heavy (non-hydrogen) atoms. The highest BCUT2D eigenvalue weighted by Gasteiger charge is 2.21. The number of carbonyl (C=O) groups is 1. The van der Waals surface area contributed by atoms with Crippen LogP contribution in [0.4, 0.5) is 0 Å². The summed E-state index contributed by atoms with van der Waals surface area (Å²) in [6.07, 6.45) is 4.76. The van der Waals surface area contributed by atoms with Gasteiger partial charge in [-0.15, -0.1) is 0 Å². The highest BCUT2D eigenvalue weighted by Crippen LogP contribution is 2.10. The summed E-state index contributed by atoms with van der Waals surface area (Å²) in [5, 5.41) is 0. The van der Waals surface area contributed by atoms with Crippen LogP contribution in [-0.2, 0) is 9.73 Å². The first-order valence-corrected chi connectivity index (χ1v) is 2.97. The first kappa shape index (κ1) is 5.64. The molecule has 2 aliphatic rings. The summed E-state index contributed by atoms with van der Waals surface area (Å²) in [7, 11) is 0. The van der Waals surface area contributed by atoms with Gasteiger partial charge in [-0.05, 0) is 6.08 Å². The second kappa shape index (κ2) is 1.93. The summed E-state index contributed by atoms with van der Waals surface area (Å²) >= 11 is 0. The third-order valence-electron chi connectivity index (χ3n) is 1.44. The zero-order chi connectivity index (χ0) is 6.97. The zero-order valence-electron chi connectivity index (χ0n) is 5.13. The van der Waals surface area contributed by atoms with Crippen LogP contribution in [0.15, 0.2) is 23.9 Å². The Bertz CT molecular complexity index is 232. The predicted octanol–water partition coefficient (Wildman–Crippen LogP) is -0.583. The minimum Gasteiger partial charge on any atom is -0.290 e. The van der Waals surface area contributed by atoms with E-state index >= 15 is 0 Å². The lowest BCUT2D eigenvalue weighted by Crippen LogP contribution is -2.21. The van der Waals surface area contributed by atoms with Gasteiger partial charge < -0.3 is 0 Å². The molecule has 1 atom stereocenters. The van der Waals surface area contributed by atoms with Crippen molar-refractivity contribution in [3.05, 3.63) is 23.9 Å². The van der Waals surface area contributed by atoms with Gasteiger partial charge in [0.15, 0.2) is 5.78 Å². The van der Waals surface area contributed by atoms with Gasteiger partial charge in [-0.25, -0.2) is 5.48 Å². The third-order valence-corrected chi connectivity index (χ3v) is 1.44. The fraction of sp³-hybridized carbons (Fsp3) is 0.167. The molecular formula is C6H6N2O2. The molecule has 1 unspecified atom stereocenters. The molecule has 0 amide bonds. The Labute approximate surface area is 57.5 Å². The average Bonchev–Trinajstić information content (AvgIpc) is 2.33. The molecule has 2 rings (SSSR count). The number of carbonyl (C=O) groups excluding carboxylic acids is 1. The van der Waals surface area contributed by atoms with E-state index in [0.29, 0.717) is 0 Å². The summed E-state index contributed by atoms with van der Waals surface area (Å²) in [4.78, 5) is 15.4. The van der Waals surface area contributed by atoms with Crippen molar-refractivity contribution < 1.29 is 9.73 Å². The fourth-order valence-corrected chi connectivity index (χ4v) is 0.933. The largest absolute Gasteiger partial charge is 0.290 e. The number of hydrogen-bond donors (Lipinski definition) is 2. The van der Waals surface area contributed by atoms with Gasteiger partial charge in [0.25, 0.3) is 0 Å². The third kappa shape index (κ3) is 0.741. The van der Waals surface area contributed by atoms with E-state index in [1.807, 2.05) is 0 Å². The summed E-state index contributed by atoms with van der Waals surface area (Å²) in [6, 6.07) is 0.0256.